The number of halogens is 2. The van der Waals surface area contributed by atoms with Gasteiger partial charge in [0.25, 0.3) is 0 Å². The van der Waals surface area contributed by atoms with Crippen molar-refractivity contribution >= 4 is 5.69 Å². The predicted molar refractivity (Wildman–Crippen MR) is 48.2 cm³/mol. The second-order valence-electron chi connectivity index (χ2n) is 2.96. The zero-order chi connectivity index (χ0) is 11.0. The average Bonchev–Trinajstić information content (AvgIpc) is 2.50. The largest absolute Gasteiger partial charge is 0.397 e. The third-order valence-corrected chi connectivity index (χ3v) is 1.89. The van der Waals surface area contributed by atoms with Crippen LogP contribution in [0, 0.1) is 18.6 Å². The first-order valence-electron chi connectivity index (χ1n) is 4.09. The standard InChI is InChI=1S/C8H7F2N5/c1-4-12-13-14-15(4)8-6(10)2-5(9)3-7(8)11/h2-3H,11H2,1H3. The van der Waals surface area contributed by atoms with Crippen molar-refractivity contribution in [1.82, 2.24) is 20.2 Å². The Labute approximate surface area is 83.5 Å². The quantitative estimate of drug-likeness (QED) is 0.709. The molecule has 0 bridgehead atoms. The fraction of sp³-hybridized carbons (Fsp3) is 0.125. The van der Waals surface area contributed by atoms with Gasteiger partial charge in [-0.25, -0.2) is 8.78 Å². The van der Waals surface area contributed by atoms with Crippen LogP contribution in [0.5, 0.6) is 0 Å². The monoisotopic (exact) mass is 211 g/mol. The van der Waals surface area contributed by atoms with Gasteiger partial charge in [-0.2, -0.15) is 4.68 Å². The molecule has 2 N–H and O–H groups in total. The summed E-state index contributed by atoms with van der Waals surface area (Å²) in [5, 5.41) is 10.5. The molecule has 0 aliphatic carbocycles. The molecule has 0 amide bonds. The van der Waals surface area contributed by atoms with E-state index in [4.69, 9.17) is 5.73 Å². The van der Waals surface area contributed by atoms with Crippen molar-refractivity contribution in [3.63, 3.8) is 0 Å². The third-order valence-electron chi connectivity index (χ3n) is 1.89. The van der Waals surface area contributed by atoms with Crippen LogP contribution >= 0.6 is 0 Å². The van der Waals surface area contributed by atoms with E-state index in [0.717, 1.165) is 16.8 Å². The Morgan fingerprint density at radius 1 is 1.33 bits per heavy atom. The third kappa shape index (κ3) is 1.51. The fourth-order valence-electron chi connectivity index (χ4n) is 1.25. The molecule has 0 fully saturated rings. The van der Waals surface area contributed by atoms with Crippen LogP contribution in [-0.4, -0.2) is 20.2 Å². The summed E-state index contributed by atoms with van der Waals surface area (Å²) in [6.07, 6.45) is 0. The van der Waals surface area contributed by atoms with Gasteiger partial charge >= 0.3 is 0 Å². The number of tetrazole rings is 1. The van der Waals surface area contributed by atoms with Crippen molar-refractivity contribution in [2.75, 3.05) is 5.73 Å². The van der Waals surface area contributed by atoms with Crippen LogP contribution < -0.4 is 5.73 Å². The highest BCUT2D eigenvalue weighted by Gasteiger charge is 2.14. The summed E-state index contributed by atoms with van der Waals surface area (Å²) in [6.45, 7) is 1.59. The number of hydrogen-bond acceptors (Lipinski definition) is 4. The van der Waals surface area contributed by atoms with E-state index in [1.807, 2.05) is 0 Å². The summed E-state index contributed by atoms with van der Waals surface area (Å²) in [6, 6.07) is 1.74. The molecule has 0 spiro atoms. The Kier molecular flexibility index (Phi) is 2.07. The van der Waals surface area contributed by atoms with E-state index in [1.165, 1.54) is 0 Å². The molecule has 7 heteroatoms. The molecule has 2 rings (SSSR count). The van der Waals surface area contributed by atoms with Crippen molar-refractivity contribution in [3.05, 3.63) is 29.6 Å². The molecule has 1 heterocycles. The van der Waals surface area contributed by atoms with Crippen LogP contribution in [0.15, 0.2) is 12.1 Å². The van der Waals surface area contributed by atoms with Crippen LogP contribution in [0.25, 0.3) is 5.69 Å². The smallest absolute Gasteiger partial charge is 0.154 e. The van der Waals surface area contributed by atoms with E-state index in [1.54, 1.807) is 6.92 Å². The van der Waals surface area contributed by atoms with Crippen LogP contribution in [0.3, 0.4) is 0 Å². The molecule has 0 saturated carbocycles. The molecule has 0 aliphatic rings. The predicted octanol–water partition coefficient (Wildman–Crippen LogP) is 0.831. The first kappa shape index (κ1) is 9.50. The van der Waals surface area contributed by atoms with Gasteiger partial charge in [-0.1, -0.05) is 0 Å². The molecule has 0 saturated heterocycles. The summed E-state index contributed by atoms with van der Waals surface area (Å²) in [5.74, 6) is -1.17. The Morgan fingerprint density at radius 2 is 2.07 bits per heavy atom. The average molecular weight is 211 g/mol. The van der Waals surface area contributed by atoms with Crippen molar-refractivity contribution in [2.45, 2.75) is 6.92 Å². The first-order valence-corrected chi connectivity index (χ1v) is 4.09. The molecular formula is C8H7F2N5. The number of anilines is 1. The summed E-state index contributed by atoms with van der Waals surface area (Å²) >= 11 is 0. The van der Waals surface area contributed by atoms with E-state index in [2.05, 4.69) is 15.5 Å². The van der Waals surface area contributed by atoms with Crippen LogP contribution in [-0.2, 0) is 0 Å². The highest BCUT2D eigenvalue weighted by molar-refractivity contribution is 5.58. The molecule has 0 unspecified atom stereocenters. The molecule has 78 valence electrons. The minimum atomic E-state index is -0.803. The number of nitrogen functional groups attached to an aromatic ring is 1. The van der Waals surface area contributed by atoms with Gasteiger partial charge in [0.1, 0.15) is 11.5 Å². The highest BCUT2D eigenvalue weighted by Crippen LogP contribution is 2.22. The van der Waals surface area contributed by atoms with Crippen LogP contribution in [0.4, 0.5) is 14.5 Å². The Balaban J connectivity index is 2.68. The van der Waals surface area contributed by atoms with E-state index in [9.17, 15) is 8.78 Å². The normalized spacial score (nSPS) is 10.6. The van der Waals surface area contributed by atoms with Gasteiger partial charge in [0.2, 0.25) is 0 Å². The number of nitrogens with two attached hydrogens (primary N) is 1. The molecular weight excluding hydrogens is 204 g/mol. The second kappa shape index (κ2) is 3.26. The summed E-state index contributed by atoms with van der Waals surface area (Å²) < 4.78 is 27.3. The van der Waals surface area contributed by atoms with Crippen molar-refractivity contribution in [3.8, 4) is 5.69 Å². The Bertz CT molecular complexity index is 484. The van der Waals surface area contributed by atoms with Gasteiger partial charge in [0.05, 0.1) is 5.69 Å². The van der Waals surface area contributed by atoms with Gasteiger partial charge in [-0.3, -0.25) is 0 Å². The van der Waals surface area contributed by atoms with Gasteiger partial charge in [-0.15, -0.1) is 5.10 Å². The highest BCUT2D eigenvalue weighted by atomic mass is 19.1. The second-order valence-corrected chi connectivity index (χ2v) is 2.96. The topological polar surface area (TPSA) is 69.6 Å². The molecule has 0 aliphatic heterocycles. The van der Waals surface area contributed by atoms with Gasteiger partial charge in [-0.05, 0) is 23.4 Å². The Hall–Kier alpha value is -2.05. The van der Waals surface area contributed by atoms with Gasteiger partial charge in [0.15, 0.2) is 11.6 Å². The molecule has 2 aromatic rings. The van der Waals surface area contributed by atoms with Crippen molar-refractivity contribution in [2.24, 2.45) is 0 Å². The SMILES string of the molecule is Cc1nnnn1-c1c(N)cc(F)cc1F. The maximum absolute atomic E-state index is 13.4. The number of aryl methyl sites for hydroxylation is 1. The number of aromatic nitrogens is 4. The lowest BCUT2D eigenvalue weighted by atomic mass is 10.2. The molecule has 0 radical (unpaired) electrons. The van der Waals surface area contributed by atoms with Crippen LogP contribution in [0.1, 0.15) is 5.82 Å². The molecule has 15 heavy (non-hydrogen) atoms. The van der Waals surface area contributed by atoms with E-state index < -0.39 is 11.6 Å². The minimum absolute atomic E-state index is 0.0427. The zero-order valence-corrected chi connectivity index (χ0v) is 7.78. The lowest BCUT2D eigenvalue weighted by molar-refractivity contribution is 0.572. The number of rotatable bonds is 1. The molecule has 1 aromatic carbocycles. The molecule has 5 nitrogen and oxygen atoms in total. The van der Waals surface area contributed by atoms with E-state index in [-0.39, 0.29) is 11.4 Å². The minimum Gasteiger partial charge on any atom is -0.397 e. The number of hydrogen-bond donors (Lipinski definition) is 1. The summed E-state index contributed by atoms with van der Waals surface area (Å²) in [4.78, 5) is 0. The summed E-state index contributed by atoms with van der Waals surface area (Å²) in [5.41, 5.74) is 5.39. The number of benzene rings is 1. The molecule has 1 aromatic heterocycles. The van der Waals surface area contributed by atoms with Crippen molar-refractivity contribution < 1.29 is 8.78 Å². The Morgan fingerprint density at radius 3 is 2.60 bits per heavy atom. The summed E-state index contributed by atoms with van der Waals surface area (Å²) in [7, 11) is 0. The molecule has 0 atom stereocenters. The lowest BCUT2D eigenvalue weighted by Crippen LogP contribution is -2.07. The zero-order valence-electron chi connectivity index (χ0n) is 7.78. The van der Waals surface area contributed by atoms with Crippen molar-refractivity contribution in [1.29, 1.82) is 0 Å². The van der Waals surface area contributed by atoms with Gasteiger partial charge < -0.3 is 5.73 Å². The lowest BCUT2D eigenvalue weighted by Gasteiger charge is -2.06. The van der Waals surface area contributed by atoms with E-state index in [0.29, 0.717) is 5.82 Å². The fourth-order valence-corrected chi connectivity index (χ4v) is 1.25. The van der Waals surface area contributed by atoms with E-state index >= 15 is 0 Å². The number of nitrogens with zero attached hydrogens (tertiary/aromatic N) is 4. The first-order chi connectivity index (χ1) is 7.09. The maximum Gasteiger partial charge on any atom is 0.154 e. The van der Waals surface area contributed by atoms with Gasteiger partial charge in [0, 0.05) is 6.07 Å². The van der Waals surface area contributed by atoms with Crippen LogP contribution in [0.2, 0.25) is 0 Å². The maximum atomic E-state index is 13.4.